The molecule has 1 aromatic heterocycles. The topological polar surface area (TPSA) is 38.9 Å². The fourth-order valence-corrected chi connectivity index (χ4v) is 0.846. The van der Waals surface area contributed by atoms with Gasteiger partial charge in [-0.3, -0.25) is 4.98 Å². The monoisotopic (exact) mass is 172 g/mol. The van der Waals surface area contributed by atoms with Crippen molar-refractivity contribution in [3.05, 3.63) is 30.1 Å². The third kappa shape index (κ3) is 2.87. The number of nitrogens with zero attached hydrogens (tertiary/aromatic N) is 1. The van der Waals surface area contributed by atoms with Crippen LogP contribution in [0.3, 0.4) is 0 Å². The lowest BCUT2D eigenvalue weighted by atomic mass is 10.1. The zero-order valence-electron chi connectivity index (χ0n) is 6.53. The predicted octanol–water partition coefficient (Wildman–Crippen LogP) is 1.91. The molecule has 2 nitrogen and oxygen atoms in total. The van der Waals surface area contributed by atoms with Gasteiger partial charge in [0.05, 0.1) is 0 Å². The molecule has 3 heteroatoms. The molecule has 0 bridgehead atoms. The number of rotatable bonds is 2. The summed E-state index contributed by atoms with van der Waals surface area (Å²) in [5.41, 5.74) is 6.93. The lowest BCUT2D eigenvalue weighted by Crippen LogP contribution is -2.07. The van der Waals surface area contributed by atoms with E-state index in [2.05, 4.69) is 11.9 Å². The summed E-state index contributed by atoms with van der Waals surface area (Å²) < 4.78 is 0. The Hall–Kier alpha value is -0.600. The Labute approximate surface area is 73.2 Å². The van der Waals surface area contributed by atoms with E-state index in [-0.39, 0.29) is 18.4 Å². The van der Waals surface area contributed by atoms with Crippen molar-refractivity contribution in [3.8, 4) is 0 Å². The summed E-state index contributed by atoms with van der Waals surface area (Å²) in [5, 5.41) is 0. The van der Waals surface area contributed by atoms with Gasteiger partial charge in [-0.05, 0) is 24.1 Å². The zero-order valence-corrected chi connectivity index (χ0v) is 7.34. The van der Waals surface area contributed by atoms with Gasteiger partial charge in [-0.25, -0.2) is 0 Å². The van der Waals surface area contributed by atoms with E-state index in [1.165, 1.54) is 0 Å². The molecule has 0 aliphatic carbocycles. The molecule has 11 heavy (non-hydrogen) atoms. The molecular formula is C8H13ClN2. The predicted molar refractivity (Wildman–Crippen MR) is 48.7 cm³/mol. The van der Waals surface area contributed by atoms with Gasteiger partial charge in [0.1, 0.15) is 0 Å². The Kier molecular flexibility index (Phi) is 4.83. The van der Waals surface area contributed by atoms with Crippen LogP contribution < -0.4 is 5.73 Å². The van der Waals surface area contributed by atoms with Gasteiger partial charge in [0.15, 0.2) is 0 Å². The molecular weight excluding hydrogens is 160 g/mol. The van der Waals surface area contributed by atoms with Crippen molar-refractivity contribution in [1.29, 1.82) is 0 Å². The van der Waals surface area contributed by atoms with E-state index in [9.17, 15) is 0 Å². The van der Waals surface area contributed by atoms with Gasteiger partial charge in [-0.2, -0.15) is 0 Å². The van der Waals surface area contributed by atoms with Gasteiger partial charge in [-0.1, -0.05) is 6.92 Å². The fourth-order valence-electron chi connectivity index (χ4n) is 0.846. The molecule has 0 aliphatic rings. The van der Waals surface area contributed by atoms with Gasteiger partial charge in [0.2, 0.25) is 0 Å². The summed E-state index contributed by atoms with van der Waals surface area (Å²) in [7, 11) is 0. The van der Waals surface area contributed by atoms with Gasteiger partial charge in [0, 0.05) is 18.4 Å². The minimum absolute atomic E-state index is 0. The van der Waals surface area contributed by atoms with Gasteiger partial charge < -0.3 is 5.73 Å². The highest BCUT2D eigenvalue weighted by molar-refractivity contribution is 5.85. The Balaban J connectivity index is 0.000001000. The van der Waals surface area contributed by atoms with Crippen LogP contribution in [0.1, 0.15) is 24.9 Å². The lowest BCUT2D eigenvalue weighted by molar-refractivity contribution is 0.697. The van der Waals surface area contributed by atoms with E-state index < -0.39 is 0 Å². The van der Waals surface area contributed by atoms with Crippen LogP contribution in [0.5, 0.6) is 0 Å². The molecule has 0 spiro atoms. The normalized spacial score (nSPS) is 11.8. The molecule has 1 atom stereocenters. The van der Waals surface area contributed by atoms with E-state index in [0.717, 1.165) is 12.0 Å². The van der Waals surface area contributed by atoms with Crippen LogP contribution in [-0.2, 0) is 0 Å². The zero-order chi connectivity index (χ0) is 7.40. The second-order valence-corrected chi connectivity index (χ2v) is 2.30. The second-order valence-electron chi connectivity index (χ2n) is 2.30. The average molecular weight is 173 g/mol. The number of nitrogens with two attached hydrogens (primary N) is 1. The number of aromatic nitrogens is 1. The lowest BCUT2D eigenvalue weighted by Gasteiger charge is -2.06. The molecule has 62 valence electrons. The molecule has 1 unspecified atom stereocenters. The van der Waals surface area contributed by atoms with Gasteiger partial charge >= 0.3 is 0 Å². The first-order valence-corrected chi connectivity index (χ1v) is 3.50. The molecule has 1 aromatic rings. The highest BCUT2D eigenvalue weighted by Gasteiger charge is 1.99. The van der Waals surface area contributed by atoms with Gasteiger partial charge in [-0.15, -0.1) is 12.4 Å². The Bertz CT molecular complexity index is 189. The quantitative estimate of drug-likeness (QED) is 0.741. The highest BCUT2D eigenvalue weighted by atomic mass is 35.5. The van der Waals surface area contributed by atoms with Crippen LogP contribution in [0.25, 0.3) is 0 Å². The Morgan fingerprint density at radius 2 is 2.00 bits per heavy atom. The summed E-state index contributed by atoms with van der Waals surface area (Å²) in [6.45, 7) is 2.07. The molecule has 0 amide bonds. The van der Waals surface area contributed by atoms with Crippen molar-refractivity contribution in [2.75, 3.05) is 0 Å². The van der Waals surface area contributed by atoms with Crippen LogP contribution in [-0.4, -0.2) is 4.98 Å². The van der Waals surface area contributed by atoms with E-state index in [4.69, 9.17) is 5.73 Å². The SMILES string of the molecule is CCC(N)c1ccncc1.Cl. The van der Waals surface area contributed by atoms with Crippen LogP contribution in [0.4, 0.5) is 0 Å². The molecule has 0 aromatic carbocycles. The van der Waals surface area contributed by atoms with E-state index in [0.29, 0.717) is 0 Å². The van der Waals surface area contributed by atoms with Crippen molar-refractivity contribution in [1.82, 2.24) is 4.98 Å². The van der Waals surface area contributed by atoms with Crippen molar-refractivity contribution < 1.29 is 0 Å². The molecule has 1 heterocycles. The van der Waals surface area contributed by atoms with Crippen molar-refractivity contribution in [3.63, 3.8) is 0 Å². The van der Waals surface area contributed by atoms with E-state index in [1.807, 2.05) is 12.1 Å². The molecule has 0 saturated heterocycles. The van der Waals surface area contributed by atoms with Gasteiger partial charge in [0.25, 0.3) is 0 Å². The van der Waals surface area contributed by atoms with Crippen LogP contribution >= 0.6 is 12.4 Å². The standard InChI is InChI=1S/C8H12N2.ClH/c1-2-8(9)7-3-5-10-6-4-7;/h3-6,8H,2,9H2,1H3;1H. The maximum atomic E-state index is 5.77. The summed E-state index contributed by atoms with van der Waals surface area (Å²) in [4.78, 5) is 3.91. The number of hydrogen-bond acceptors (Lipinski definition) is 2. The second kappa shape index (κ2) is 5.10. The average Bonchev–Trinajstić information content (AvgIpc) is 2.05. The highest BCUT2D eigenvalue weighted by Crippen LogP contribution is 2.10. The number of halogens is 1. The third-order valence-corrected chi connectivity index (χ3v) is 1.57. The largest absolute Gasteiger partial charge is 0.324 e. The first-order chi connectivity index (χ1) is 4.84. The maximum Gasteiger partial charge on any atom is 0.0293 e. The molecule has 0 radical (unpaired) electrons. The summed E-state index contributed by atoms with van der Waals surface area (Å²) in [6.07, 6.45) is 4.51. The van der Waals surface area contributed by atoms with E-state index in [1.54, 1.807) is 12.4 Å². The molecule has 2 N–H and O–H groups in total. The number of pyridine rings is 1. The smallest absolute Gasteiger partial charge is 0.0293 e. The summed E-state index contributed by atoms with van der Waals surface area (Å²) in [6, 6.07) is 4.07. The third-order valence-electron chi connectivity index (χ3n) is 1.57. The Morgan fingerprint density at radius 3 is 2.45 bits per heavy atom. The molecule has 0 fully saturated rings. The maximum absolute atomic E-state index is 5.77. The van der Waals surface area contributed by atoms with Crippen molar-refractivity contribution in [2.45, 2.75) is 19.4 Å². The molecule has 1 rings (SSSR count). The minimum Gasteiger partial charge on any atom is -0.324 e. The number of hydrogen-bond donors (Lipinski definition) is 1. The fraction of sp³-hybridized carbons (Fsp3) is 0.375. The summed E-state index contributed by atoms with van der Waals surface area (Å²) >= 11 is 0. The van der Waals surface area contributed by atoms with Crippen LogP contribution in [0.15, 0.2) is 24.5 Å². The van der Waals surface area contributed by atoms with E-state index >= 15 is 0 Å². The molecule has 0 saturated carbocycles. The van der Waals surface area contributed by atoms with Crippen molar-refractivity contribution in [2.24, 2.45) is 5.73 Å². The van der Waals surface area contributed by atoms with Crippen LogP contribution in [0, 0.1) is 0 Å². The van der Waals surface area contributed by atoms with Crippen molar-refractivity contribution >= 4 is 12.4 Å². The summed E-state index contributed by atoms with van der Waals surface area (Å²) in [5.74, 6) is 0. The molecule has 0 aliphatic heterocycles. The Morgan fingerprint density at radius 1 is 1.45 bits per heavy atom. The minimum atomic E-state index is 0. The first kappa shape index (κ1) is 10.4. The first-order valence-electron chi connectivity index (χ1n) is 3.50. The van der Waals surface area contributed by atoms with Crippen LogP contribution in [0.2, 0.25) is 0 Å².